The highest BCUT2D eigenvalue weighted by molar-refractivity contribution is 6.12. The van der Waals surface area contributed by atoms with Gasteiger partial charge in [0.05, 0.1) is 11.4 Å². The summed E-state index contributed by atoms with van der Waals surface area (Å²) in [5, 5.41) is 17.2. The number of anilines is 2. The number of para-hydroxylation sites is 1. The molecule has 0 saturated heterocycles. The van der Waals surface area contributed by atoms with Gasteiger partial charge in [-0.3, -0.25) is 9.79 Å². The molecule has 1 atom stereocenters. The van der Waals surface area contributed by atoms with Gasteiger partial charge in [-0.2, -0.15) is 0 Å². The van der Waals surface area contributed by atoms with Crippen LogP contribution in [0, 0.1) is 5.41 Å². The number of nitrogens with one attached hydrogen (secondary N) is 4. The van der Waals surface area contributed by atoms with E-state index >= 15 is 0 Å². The molecule has 0 radical (unpaired) electrons. The van der Waals surface area contributed by atoms with Crippen molar-refractivity contribution in [2.45, 2.75) is 26.3 Å². The van der Waals surface area contributed by atoms with Crippen LogP contribution in [0.1, 0.15) is 25.8 Å². The molecule has 1 aromatic rings. The number of fused-ring (bicyclic) bond motifs is 1. The van der Waals surface area contributed by atoms with E-state index in [4.69, 9.17) is 5.41 Å². The lowest BCUT2D eigenvalue weighted by molar-refractivity contribution is -0.116. The first-order valence-corrected chi connectivity index (χ1v) is 8.04. The Morgan fingerprint density at radius 2 is 2.28 bits per heavy atom. The average molecular weight is 337 g/mol. The maximum Gasteiger partial charge on any atom is 0.226 e. The Kier molecular flexibility index (Phi) is 6.28. The van der Waals surface area contributed by atoms with Crippen LogP contribution >= 0.6 is 0 Å². The van der Waals surface area contributed by atoms with Gasteiger partial charge in [-0.1, -0.05) is 18.2 Å². The molecule has 1 heterocycles. The Bertz CT molecular complexity index is 761. The first kappa shape index (κ1) is 18.2. The summed E-state index contributed by atoms with van der Waals surface area (Å²) < 4.78 is 0. The number of carbonyl (C=O) groups is 1. The number of hydrogen-bond donors (Lipinski definition) is 4. The van der Waals surface area contributed by atoms with Gasteiger partial charge in [-0.25, -0.2) is 0 Å². The third-order valence-corrected chi connectivity index (χ3v) is 3.75. The summed E-state index contributed by atoms with van der Waals surface area (Å²) >= 11 is 0. The number of benzene rings is 1. The van der Waals surface area contributed by atoms with E-state index in [1.807, 2.05) is 38.1 Å². The van der Waals surface area contributed by atoms with E-state index in [0.29, 0.717) is 12.0 Å². The lowest BCUT2D eigenvalue weighted by Crippen LogP contribution is -2.19. The van der Waals surface area contributed by atoms with Crippen LogP contribution in [0.4, 0.5) is 11.4 Å². The maximum atomic E-state index is 11.9. The molecule has 1 aromatic carbocycles. The first-order chi connectivity index (χ1) is 12.1. The van der Waals surface area contributed by atoms with E-state index in [-0.39, 0.29) is 11.9 Å². The smallest absolute Gasteiger partial charge is 0.226 e. The van der Waals surface area contributed by atoms with Crippen molar-refractivity contribution in [2.75, 3.05) is 10.6 Å². The number of hydrogen-bond acceptors (Lipinski definition) is 5. The van der Waals surface area contributed by atoms with Crippen LogP contribution in [-0.2, 0) is 4.79 Å². The van der Waals surface area contributed by atoms with Gasteiger partial charge in [-0.15, -0.1) is 0 Å². The molecule has 2 rings (SSSR count). The summed E-state index contributed by atoms with van der Waals surface area (Å²) in [4.78, 5) is 15.6. The third kappa shape index (κ3) is 4.67. The SMILES string of the molecule is C=N/C=C\C(=C/C)N/C=C(\C=N)c1cccc2c1N[C@H](C)CC(=O)N2. The van der Waals surface area contributed by atoms with Crippen LogP contribution in [0.25, 0.3) is 5.57 Å². The van der Waals surface area contributed by atoms with Crippen molar-refractivity contribution in [3.05, 3.63) is 54.0 Å². The molecule has 4 N–H and O–H groups in total. The predicted molar refractivity (Wildman–Crippen MR) is 105 cm³/mol. The van der Waals surface area contributed by atoms with Gasteiger partial charge in [0.15, 0.2) is 0 Å². The maximum absolute atomic E-state index is 11.9. The molecule has 6 nitrogen and oxygen atoms in total. The second kappa shape index (κ2) is 8.63. The topological polar surface area (TPSA) is 89.4 Å². The Morgan fingerprint density at radius 1 is 1.48 bits per heavy atom. The highest BCUT2D eigenvalue weighted by Crippen LogP contribution is 2.33. The molecule has 1 amide bonds. The Morgan fingerprint density at radius 3 is 2.96 bits per heavy atom. The molecule has 0 saturated carbocycles. The van der Waals surface area contributed by atoms with E-state index in [9.17, 15) is 4.79 Å². The minimum atomic E-state index is -0.0207. The normalized spacial score (nSPS) is 18.0. The van der Waals surface area contributed by atoms with Crippen molar-refractivity contribution in [1.29, 1.82) is 5.41 Å². The van der Waals surface area contributed by atoms with Gasteiger partial charge < -0.3 is 21.4 Å². The van der Waals surface area contributed by atoms with Crippen LogP contribution in [0.5, 0.6) is 0 Å². The summed E-state index contributed by atoms with van der Waals surface area (Å²) in [7, 11) is 0. The number of nitrogens with zero attached hydrogens (tertiary/aromatic N) is 1. The first-order valence-electron chi connectivity index (χ1n) is 8.04. The van der Waals surface area contributed by atoms with Gasteiger partial charge in [0.25, 0.3) is 0 Å². The van der Waals surface area contributed by atoms with Crippen molar-refractivity contribution in [3.8, 4) is 0 Å². The Hall–Kier alpha value is -3.15. The zero-order chi connectivity index (χ0) is 18.2. The highest BCUT2D eigenvalue weighted by atomic mass is 16.1. The predicted octanol–water partition coefficient (Wildman–Crippen LogP) is 3.53. The summed E-state index contributed by atoms with van der Waals surface area (Å²) in [6, 6.07) is 5.65. The number of amides is 1. The van der Waals surface area contributed by atoms with Gasteiger partial charge >= 0.3 is 0 Å². The van der Waals surface area contributed by atoms with Crippen LogP contribution in [0.2, 0.25) is 0 Å². The second-order valence-corrected chi connectivity index (χ2v) is 5.66. The van der Waals surface area contributed by atoms with Crippen LogP contribution in [-0.4, -0.2) is 24.9 Å². The molecule has 0 fully saturated rings. The molecular weight excluding hydrogens is 314 g/mol. The molecule has 0 aliphatic carbocycles. The number of rotatable bonds is 6. The van der Waals surface area contributed by atoms with Crippen LogP contribution in [0.15, 0.2) is 53.4 Å². The summed E-state index contributed by atoms with van der Waals surface area (Å²) in [6.07, 6.45) is 8.71. The minimum Gasteiger partial charge on any atom is -0.380 e. The van der Waals surface area contributed by atoms with E-state index in [1.165, 1.54) is 6.21 Å². The van der Waals surface area contributed by atoms with E-state index < -0.39 is 0 Å². The van der Waals surface area contributed by atoms with E-state index in [1.54, 1.807) is 18.5 Å². The molecule has 6 heteroatoms. The zero-order valence-corrected chi connectivity index (χ0v) is 14.5. The fourth-order valence-corrected chi connectivity index (χ4v) is 2.55. The van der Waals surface area contributed by atoms with Gasteiger partial charge in [0.1, 0.15) is 0 Å². The lowest BCUT2D eigenvalue weighted by atomic mass is 10.0. The number of allylic oxidation sites excluding steroid dienone is 3. The fraction of sp³-hybridized carbons (Fsp3) is 0.211. The zero-order valence-electron chi connectivity index (χ0n) is 14.5. The number of aliphatic imine (C=N–C) groups is 1. The quantitative estimate of drug-likeness (QED) is 0.473. The number of carbonyl (C=O) groups excluding carboxylic acids is 1. The standard InChI is InChI=1S/C19H23N5O/c1-4-15(8-9-21-3)22-12-14(11-20)16-6-5-7-17-19(16)23-13(2)10-18(25)24-17/h4-9,11-13,20,22-23H,3,10H2,1-2H3,(H,24,25)/b9-8-,14-12+,15-4+,20-11?/t13-/m1/s1. The fourth-order valence-electron chi connectivity index (χ4n) is 2.55. The summed E-state index contributed by atoms with van der Waals surface area (Å²) in [6.45, 7) is 7.27. The van der Waals surface area contributed by atoms with Crippen molar-refractivity contribution < 1.29 is 4.79 Å². The van der Waals surface area contributed by atoms with Crippen LogP contribution in [0.3, 0.4) is 0 Å². The highest BCUT2D eigenvalue weighted by Gasteiger charge is 2.20. The monoisotopic (exact) mass is 337 g/mol. The molecule has 1 aliphatic heterocycles. The molecule has 1 aliphatic rings. The van der Waals surface area contributed by atoms with Crippen molar-refractivity contribution in [1.82, 2.24) is 5.32 Å². The molecule has 0 unspecified atom stereocenters. The van der Waals surface area contributed by atoms with Crippen molar-refractivity contribution in [3.63, 3.8) is 0 Å². The molecule has 0 spiro atoms. The Balaban J connectivity index is 2.38. The largest absolute Gasteiger partial charge is 0.380 e. The lowest BCUT2D eigenvalue weighted by Gasteiger charge is -2.17. The van der Waals surface area contributed by atoms with Gasteiger partial charge in [0, 0.05) is 47.9 Å². The second-order valence-electron chi connectivity index (χ2n) is 5.66. The minimum absolute atomic E-state index is 0.00930. The summed E-state index contributed by atoms with van der Waals surface area (Å²) in [5.74, 6) is -0.0207. The molecule has 0 bridgehead atoms. The molecule has 25 heavy (non-hydrogen) atoms. The van der Waals surface area contributed by atoms with Gasteiger partial charge in [0.2, 0.25) is 5.91 Å². The van der Waals surface area contributed by atoms with E-state index in [2.05, 4.69) is 27.7 Å². The van der Waals surface area contributed by atoms with Crippen molar-refractivity contribution in [2.24, 2.45) is 4.99 Å². The van der Waals surface area contributed by atoms with E-state index in [0.717, 1.165) is 22.6 Å². The van der Waals surface area contributed by atoms with Crippen LogP contribution < -0.4 is 16.0 Å². The Labute approximate surface area is 147 Å². The van der Waals surface area contributed by atoms with Gasteiger partial charge in [-0.05, 0) is 32.7 Å². The van der Waals surface area contributed by atoms with Crippen molar-refractivity contribution >= 4 is 35.8 Å². The summed E-state index contributed by atoms with van der Waals surface area (Å²) in [5.41, 5.74) is 3.91. The molecule has 130 valence electrons. The molecular formula is C19H23N5O. The third-order valence-electron chi connectivity index (χ3n) is 3.75. The average Bonchev–Trinajstić information content (AvgIpc) is 2.74. The molecule has 0 aromatic heterocycles.